The van der Waals surface area contributed by atoms with Crippen LogP contribution in [0.1, 0.15) is 25.1 Å². The van der Waals surface area contributed by atoms with Crippen LogP contribution >= 0.6 is 0 Å². The number of aromatic nitrogens is 1. The summed E-state index contributed by atoms with van der Waals surface area (Å²) in [6.07, 6.45) is 1.75. The lowest BCUT2D eigenvalue weighted by Gasteiger charge is -1.99. The van der Waals surface area contributed by atoms with Gasteiger partial charge in [0.2, 0.25) is 0 Å². The van der Waals surface area contributed by atoms with Crippen LogP contribution in [-0.2, 0) is 0 Å². The van der Waals surface area contributed by atoms with Crippen LogP contribution in [0, 0.1) is 0 Å². The van der Waals surface area contributed by atoms with E-state index >= 15 is 0 Å². The molecule has 0 unspecified atom stereocenters. The molecule has 3 heteroatoms. The van der Waals surface area contributed by atoms with Crippen LogP contribution in [-0.4, -0.2) is 16.4 Å². The maximum atomic E-state index is 4.24. The first-order valence-electron chi connectivity index (χ1n) is 5.83. The molecule has 0 N–H and O–H groups in total. The lowest BCUT2D eigenvalue weighted by Crippen LogP contribution is -1.98. The molecule has 0 bridgehead atoms. The Morgan fingerprint density at radius 3 is 2.17 bits per heavy atom. The van der Waals surface area contributed by atoms with Gasteiger partial charge >= 0.3 is 0 Å². The van der Waals surface area contributed by atoms with Gasteiger partial charge in [-0.2, -0.15) is 10.2 Å². The number of benzene rings is 1. The zero-order chi connectivity index (χ0) is 12.8. The van der Waals surface area contributed by atoms with Crippen LogP contribution < -0.4 is 0 Å². The first kappa shape index (κ1) is 12.2. The molecule has 1 aromatic heterocycles. The summed E-state index contributed by atoms with van der Waals surface area (Å²) in [6.45, 7) is 3.86. The van der Waals surface area contributed by atoms with Crippen molar-refractivity contribution in [3.05, 3.63) is 66.0 Å². The summed E-state index contributed by atoms with van der Waals surface area (Å²) < 4.78 is 0. The molecule has 0 fully saturated rings. The van der Waals surface area contributed by atoms with Crippen LogP contribution in [0.2, 0.25) is 0 Å². The third-order valence-electron chi connectivity index (χ3n) is 2.58. The summed E-state index contributed by atoms with van der Waals surface area (Å²) in [7, 11) is 0. The van der Waals surface area contributed by atoms with Crippen molar-refractivity contribution in [2.24, 2.45) is 10.2 Å². The molecule has 0 aliphatic carbocycles. The predicted octanol–water partition coefficient (Wildman–Crippen LogP) is 3.31. The molecule has 0 saturated carbocycles. The highest BCUT2D eigenvalue weighted by atomic mass is 15.2. The Labute approximate surface area is 107 Å². The maximum Gasteiger partial charge on any atom is 0.0860 e. The Hall–Kier alpha value is -2.29. The molecule has 0 spiro atoms. The van der Waals surface area contributed by atoms with Crippen molar-refractivity contribution in [3.8, 4) is 0 Å². The van der Waals surface area contributed by atoms with Crippen molar-refractivity contribution in [1.29, 1.82) is 0 Å². The topological polar surface area (TPSA) is 37.6 Å². The Balaban J connectivity index is 2.20. The SMILES string of the molecule is C/C(=N\N=C(/C)c1ccccn1)c1ccccc1. The highest BCUT2D eigenvalue weighted by Gasteiger charge is 1.98. The molecule has 0 amide bonds. The third kappa shape index (κ3) is 3.10. The number of pyridine rings is 1. The number of hydrogen-bond acceptors (Lipinski definition) is 3. The highest BCUT2D eigenvalue weighted by Crippen LogP contribution is 2.02. The average Bonchev–Trinajstić information content (AvgIpc) is 2.46. The molecule has 0 saturated heterocycles. The lowest BCUT2D eigenvalue weighted by molar-refractivity contribution is 1.19. The Bertz CT molecular complexity index is 503. The molecule has 1 heterocycles. The number of nitrogens with zero attached hydrogens (tertiary/aromatic N) is 3. The van der Waals surface area contributed by atoms with E-state index in [0.717, 1.165) is 22.7 Å². The van der Waals surface area contributed by atoms with Gasteiger partial charge in [0.25, 0.3) is 0 Å². The normalized spacial score (nSPS) is 12.6. The molecule has 3 nitrogen and oxygen atoms in total. The van der Waals surface area contributed by atoms with Crippen LogP contribution in [0.5, 0.6) is 0 Å². The van der Waals surface area contributed by atoms with Crippen molar-refractivity contribution in [2.75, 3.05) is 0 Å². The second-order valence-corrected chi connectivity index (χ2v) is 3.95. The van der Waals surface area contributed by atoms with E-state index in [2.05, 4.69) is 15.2 Å². The van der Waals surface area contributed by atoms with Crippen LogP contribution in [0.25, 0.3) is 0 Å². The van der Waals surface area contributed by atoms with E-state index in [1.807, 2.05) is 62.4 Å². The molecule has 1 aromatic carbocycles. The molecule has 0 aliphatic rings. The summed E-state index contributed by atoms with van der Waals surface area (Å²) in [6, 6.07) is 15.7. The monoisotopic (exact) mass is 237 g/mol. The fourth-order valence-corrected chi connectivity index (χ4v) is 1.52. The predicted molar refractivity (Wildman–Crippen MR) is 75.1 cm³/mol. The van der Waals surface area contributed by atoms with Crippen molar-refractivity contribution >= 4 is 11.4 Å². The van der Waals surface area contributed by atoms with Crippen molar-refractivity contribution in [2.45, 2.75) is 13.8 Å². The van der Waals surface area contributed by atoms with E-state index < -0.39 is 0 Å². The lowest BCUT2D eigenvalue weighted by atomic mass is 10.1. The van der Waals surface area contributed by atoms with Gasteiger partial charge in [-0.1, -0.05) is 36.4 Å². The van der Waals surface area contributed by atoms with Crippen molar-refractivity contribution in [1.82, 2.24) is 4.98 Å². The minimum Gasteiger partial charge on any atom is -0.255 e. The largest absolute Gasteiger partial charge is 0.255 e. The summed E-state index contributed by atoms with van der Waals surface area (Å²) in [5, 5.41) is 8.45. The molecular weight excluding hydrogens is 222 g/mol. The molecule has 2 rings (SSSR count). The Morgan fingerprint density at radius 2 is 1.50 bits per heavy atom. The van der Waals surface area contributed by atoms with Gasteiger partial charge in [-0.25, -0.2) is 0 Å². The molecule has 90 valence electrons. The molecule has 18 heavy (non-hydrogen) atoms. The number of rotatable bonds is 3. The zero-order valence-electron chi connectivity index (χ0n) is 10.5. The minimum absolute atomic E-state index is 0.811. The van der Waals surface area contributed by atoms with E-state index in [-0.39, 0.29) is 0 Å². The van der Waals surface area contributed by atoms with E-state index in [1.54, 1.807) is 6.20 Å². The minimum atomic E-state index is 0.811. The zero-order valence-corrected chi connectivity index (χ0v) is 10.5. The van der Waals surface area contributed by atoms with Crippen molar-refractivity contribution < 1.29 is 0 Å². The van der Waals surface area contributed by atoms with Gasteiger partial charge in [0.05, 0.1) is 17.1 Å². The molecule has 2 aromatic rings. The van der Waals surface area contributed by atoms with Gasteiger partial charge in [-0.15, -0.1) is 0 Å². The Morgan fingerprint density at radius 1 is 0.833 bits per heavy atom. The first-order chi connectivity index (χ1) is 8.77. The average molecular weight is 237 g/mol. The Kier molecular flexibility index (Phi) is 3.97. The van der Waals surface area contributed by atoms with Crippen LogP contribution in [0.3, 0.4) is 0 Å². The maximum absolute atomic E-state index is 4.24. The van der Waals surface area contributed by atoms with Crippen molar-refractivity contribution in [3.63, 3.8) is 0 Å². The van der Waals surface area contributed by atoms with E-state index in [0.29, 0.717) is 0 Å². The number of hydrogen-bond donors (Lipinski definition) is 0. The van der Waals surface area contributed by atoms with Crippen LogP contribution in [0.4, 0.5) is 0 Å². The molecule has 0 atom stereocenters. The molecule has 0 aliphatic heterocycles. The van der Waals surface area contributed by atoms with Gasteiger partial charge in [-0.3, -0.25) is 4.98 Å². The van der Waals surface area contributed by atoms with Gasteiger partial charge in [-0.05, 0) is 31.5 Å². The van der Waals surface area contributed by atoms with Crippen LogP contribution in [0.15, 0.2) is 64.9 Å². The van der Waals surface area contributed by atoms with Gasteiger partial charge in [0.15, 0.2) is 0 Å². The quantitative estimate of drug-likeness (QED) is 0.596. The second kappa shape index (κ2) is 5.87. The fourth-order valence-electron chi connectivity index (χ4n) is 1.52. The van der Waals surface area contributed by atoms with E-state index in [9.17, 15) is 0 Å². The summed E-state index contributed by atoms with van der Waals surface area (Å²) in [5.41, 5.74) is 3.63. The van der Waals surface area contributed by atoms with Gasteiger partial charge < -0.3 is 0 Å². The molecular formula is C15H15N3. The molecule has 0 radical (unpaired) electrons. The van der Waals surface area contributed by atoms with Gasteiger partial charge in [0.1, 0.15) is 0 Å². The van der Waals surface area contributed by atoms with E-state index in [4.69, 9.17) is 0 Å². The second-order valence-electron chi connectivity index (χ2n) is 3.95. The smallest absolute Gasteiger partial charge is 0.0860 e. The highest BCUT2D eigenvalue weighted by molar-refractivity contribution is 6.00. The fraction of sp³-hybridized carbons (Fsp3) is 0.133. The standard InChI is InChI=1S/C15H15N3/c1-12(14-8-4-3-5-9-14)17-18-13(2)15-10-6-7-11-16-15/h3-11H,1-2H3/b17-12+,18-13+. The first-order valence-corrected chi connectivity index (χ1v) is 5.83. The summed E-state index contributed by atoms with van der Waals surface area (Å²) >= 11 is 0. The van der Waals surface area contributed by atoms with E-state index in [1.165, 1.54) is 0 Å². The summed E-state index contributed by atoms with van der Waals surface area (Å²) in [5.74, 6) is 0. The van der Waals surface area contributed by atoms with Gasteiger partial charge in [0, 0.05) is 6.20 Å². The third-order valence-corrected chi connectivity index (χ3v) is 2.58. The summed E-state index contributed by atoms with van der Waals surface area (Å²) in [4.78, 5) is 4.23.